The van der Waals surface area contributed by atoms with Gasteiger partial charge in [0.1, 0.15) is 5.56 Å². The van der Waals surface area contributed by atoms with E-state index in [1.54, 1.807) is 23.0 Å². The molecular formula is C17H22N4O2. The average Bonchev–Trinajstić information content (AvgIpc) is 3.18. The molecule has 122 valence electrons. The number of ether oxygens (including phenoxy) is 1. The van der Waals surface area contributed by atoms with Crippen molar-refractivity contribution in [3.8, 4) is 0 Å². The van der Waals surface area contributed by atoms with Gasteiger partial charge in [0.05, 0.1) is 18.4 Å². The van der Waals surface area contributed by atoms with Gasteiger partial charge in [-0.15, -0.1) is 0 Å². The molecule has 2 aliphatic rings. The molecule has 2 fully saturated rings. The SMILES string of the molecule is CCC1COC2(CCCN(C(=O)c3cnn4cccnc34)C2)C1. The van der Waals surface area contributed by atoms with Crippen LogP contribution < -0.4 is 0 Å². The molecule has 0 N–H and O–H groups in total. The van der Waals surface area contributed by atoms with Gasteiger partial charge in [-0.25, -0.2) is 9.50 Å². The number of carbonyl (C=O) groups excluding carboxylic acids is 1. The number of amides is 1. The summed E-state index contributed by atoms with van der Waals surface area (Å²) in [4.78, 5) is 19.2. The molecule has 0 aromatic carbocycles. The van der Waals surface area contributed by atoms with Gasteiger partial charge in [0.2, 0.25) is 0 Å². The Morgan fingerprint density at radius 1 is 1.52 bits per heavy atom. The Balaban J connectivity index is 1.57. The molecule has 2 unspecified atom stereocenters. The minimum atomic E-state index is -0.134. The number of hydrogen-bond acceptors (Lipinski definition) is 4. The molecule has 0 aliphatic carbocycles. The smallest absolute Gasteiger partial charge is 0.259 e. The molecule has 0 radical (unpaired) electrons. The Hall–Kier alpha value is -1.95. The van der Waals surface area contributed by atoms with Crippen molar-refractivity contribution in [2.24, 2.45) is 5.92 Å². The summed E-state index contributed by atoms with van der Waals surface area (Å²) in [6.07, 6.45) is 9.39. The second-order valence-electron chi connectivity index (χ2n) is 6.75. The molecule has 23 heavy (non-hydrogen) atoms. The van der Waals surface area contributed by atoms with E-state index in [1.165, 1.54) is 0 Å². The molecule has 2 aromatic heterocycles. The average molecular weight is 314 g/mol. The summed E-state index contributed by atoms with van der Waals surface area (Å²) in [5.74, 6) is 0.644. The van der Waals surface area contributed by atoms with Crippen molar-refractivity contribution in [3.05, 3.63) is 30.2 Å². The zero-order valence-corrected chi connectivity index (χ0v) is 13.4. The van der Waals surface area contributed by atoms with Crippen LogP contribution in [0.2, 0.25) is 0 Å². The molecule has 2 aromatic rings. The highest BCUT2D eigenvalue weighted by Crippen LogP contribution is 2.38. The number of hydrogen-bond donors (Lipinski definition) is 0. The van der Waals surface area contributed by atoms with Crippen LogP contribution in [0.5, 0.6) is 0 Å². The van der Waals surface area contributed by atoms with Crippen LogP contribution in [0.4, 0.5) is 0 Å². The lowest BCUT2D eigenvalue weighted by Gasteiger charge is -2.39. The van der Waals surface area contributed by atoms with Gasteiger partial charge >= 0.3 is 0 Å². The molecule has 0 bridgehead atoms. The number of fused-ring (bicyclic) bond motifs is 1. The van der Waals surface area contributed by atoms with Crippen LogP contribution in [0.3, 0.4) is 0 Å². The topological polar surface area (TPSA) is 59.7 Å². The lowest BCUT2D eigenvalue weighted by atomic mass is 9.85. The molecule has 2 atom stereocenters. The third-order valence-corrected chi connectivity index (χ3v) is 5.20. The number of aromatic nitrogens is 3. The Kier molecular flexibility index (Phi) is 3.56. The minimum absolute atomic E-state index is 0.0151. The molecule has 2 saturated heterocycles. The maximum Gasteiger partial charge on any atom is 0.259 e. The monoisotopic (exact) mass is 314 g/mol. The van der Waals surface area contributed by atoms with E-state index < -0.39 is 0 Å². The molecule has 6 heteroatoms. The Morgan fingerprint density at radius 3 is 3.26 bits per heavy atom. The van der Waals surface area contributed by atoms with E-state index in [4.69, 9.17) is 4.74 Å². The van der Waals surface area contributed by atoms with E-state index >= 15 is 0 Å². The summed E-state index contributed by atoms with van der Waals surface area (Å²) in [5.41, 5.74) is 1.06. The Morgan fingerprint density at radius 2 is 2.43 bits per heavy atom. The molecule has 6 nitrogen and oxygen atoms in total. The van der Waals surface area contributed by atoms with Crippen LogP contribution in [0.1, 0.15) is 43.0 Å². The standard InChI is InChI=1S/C17H22N4O2/c1-2-13-9-17(23-11-13)5-3-7-20(12-17)16(22)14-10-19-21-8-4-6-18-15(14)21/h4,6,8,10,13H,2-3,5,7,9,11-12H2,1H3. The van der Waals surface area contributed by atoms with Gasteiger partial charge in [0.25, 0.3) is 5.91 Å². The summed E-state index contributed by atoms with van der Waals surface area (Å²) < 4.78 is 7.78. The highest BCUT2D eigenvalue weighted by Gasteiger charge is 2.44. The van der Waals surface area contributed by atoms with Crippen molar-refractivity contribution in [2.75, 3.05) is 19.7 Å². The van der Waals surface area contributed by atoms with Crippen LogP contribution in [0.15, 0.2) is 24.7 Å². The van der Waals surface area contributed by atoms with E-state index in [0.717, 1.165) is 38.8 Å². The van der Waals surface area contributed by atoms with Crippen LogP contribution in [0.25, 0.3) is 5.65 Å². The first kappa shape index (κ1) is 14.6. The fraction of sp³-hybridized carbons (Fsp3) is 0.588. The van der Waals surface area contributed by atoms with Gasteiger partial charge in [0.15, 0.2) is 5.65 Å². The predicted molar refractivity (Wildman–Crippen MR) is 85.2 cm³/mol. The van der Waals surface area contributed by atoms with Gasteiger partial charge < -0.3 is 9.64 Å². The van der Waals surface area contributed by atoms with Crippen LogP contribution >= 0.6 is 0 Å². The third-order valence-electron chi connectivity index (χ3n) is 5.20. The summed E-state index contributed by atoms with van der Waals surface area (Å²) in [5, 5.41) is 4.22. The largest absolute Gasteiger partial charge is 0.373 e. The quantitative estimate of drug-likeness (QED) is 0.852. The second kappa shape index (κ2) is 5.60. The summed E-state index contributed by atoms with van der Waals surface area (Å²) in [6, 6.07) is 1.81. The molecule has 1 amide bonds. The number of likely N-dealkylation sites (tertiary alicyclic amines) is 1. The van der Waals surface area contributed by atoms with Crippen molar-refractivity contribution >= 4 is 11.6 Å². The van der Waals surface area contributed by atoms with Crippen molar-refractivity contribution in [3.63, 3.8) is 0 Å². The number of carbonyl (C=O) groups is 1. The van der Waals surface area contributed by atoms with Gasteiger partial charge in [-0.2, -0.15) is 5.10 Å². The second-order valence-corrected chi connectivity index (χ2v) is 6.75. The van der Waals surface area contributed by atoms with E-state index in [2.05, 4.69) is 17.0 Å². The number of rotatable bonds is 2. The van der Waals surface area contributed by atoms with Gasteiger partial charge in [0, 0.05) is 25.5 Å². The first-order valence-electron chi connectivity index (χ1n) is 8.42. The zero-order chi connectivity index (χ0) is 15.9. The fourth-order valence-corrected chi connectivity index (χ4v) is 3.90. The van der Waals surface area contributed by atoms with Gasteiger partial charge in [-0.3, -0.25) is 4.79 Å². The number of piperidine rings is 1. The Bertz CT molecular complexity index is 728. The van der Waals surface area contributed by atoms with Crippen LogP contribution in [0, 0.1) is 5.92 Å². The van der Waals surface area contributed by atoms with Crippen molar-refractivity contribution in [2.45, 2.75) is 38.2 Å². The molecule has 4 rings (SSSR count). The molecule has 4 heterocycles. The fourth-order valence-electron chi connectivity index (χ4n) is 3.90. The first-order chi connectivity index (χ1) is 11.2. The van der Waals surface area contributed by atoms with Crippen LogP contribution in [-0.2, 0) is 4.74 Å². The number of nitrogens with zero attached hydrogens (tertiary/aromatic N) is 4. The van der Waals surface area contributed by atoms with Crippen molar-refractivity contribution < 1.29 is 9.53 Å². The first-order valence-corrected chi connectivity index (χ1v) is 8.42. The zero-order valence-electron chi connectivity index (χ0n) is 13.4. The molecular weight excluding hydrogens is 292 g/mol. The lowest BCUT2D eigenvalue weighted by Crippen LogP contribution is -2.50. The highest BCUT2D eigenvalue weighted by atomic mass is 16.5. The molecule has 2 aliphatic heterocycles. The summed E-state index contributed by atoms with van der Waals surface area (Å²) >= 11 is 0. The normalized spacial score (nSPS) is 27.9. The van der Waals surface area contributed by atoms with Crippen molar-refractivity contribution in [1.82, 2.24) is 19.5 Å². The van der Waals surface area contributed by atoms with E-state index in [9.17, 15) is 4.79 Å². The maximum absolute atomic E-state index is 12.9. The summed E-state index contributed by atoms with van der Waals surface area (Å²) in [6.45, 7) is 4.51. The highest BCUT2D eigenvalue weighted by molar-refractivity contribution is 5.99. The minimum Gasteiger partial charge on any atom is -0.373 e. The molecule has 1 spiro atoms. The van der Waals surface area contributed by atoms with E-state index in [0.29, 0.717) is 23.7 Å². The van der Waals surface area contributed by atoms with Crippen molar-refractivity contribution in [1.29, 1.82) is 0 Å². The van der Waals surface area contributed by atoms with E-state index in [1.807, 2.05) is 11.1 Å². The van der Waals surface area contributed by atoms with E-state index in [-0.39, 0.29) is 11.5 Å². The van der Waals surface area contributed by atoms with Crippen LogP contribution in [-0.4, -0.2) is 50.7 Å². The molecule has 0 saturated carbocycles. The van der Waals surface area contributed by atoms with Gasteiger partial charge in [-0.05, 0) is 31.2 Å². The van der Waals surface area contributed by atoms with Gasteiger partial charge in [-0.1, -0.05) is 13.3 Å². The lowest BCUT2D eigenvalue weighted by molar-refractivity contribution is -0.0449. The maximum atomic E-state index is 12.9. The summed E-state index contributed by atoms with van der Waals surface area (Å²) in [7, 11) is 0. The third kappa shape index (κ3) is 2.51. The predicted octanol–water partition coefficient (Wildman–Crippen LogP) is 2.15. The Labute approximate surface area is 135 Å².